The van der Waals surface area contributed by atoms with Gasteiger partial charge in [0.05, 0.1) is 0 Å². The molecule has 2 aromatic carbocycles. The lowest BCUT2D eigenvalue weighted by atomic mass is 9.57. The van der Waals surface area contributed by atoms with Crippen molar-refractivity contribution >= 4 is 22.7 Å². The molecule has 29 heavy (non-hydrogen) atoms. The maximum atomic E-state index is 11.3. The van der Waals surface area contributed by atoms with Crippen molar-refractivity contribution in [2.45, 2.75) is 46.0 Å². The molecule has 5 heteroatoms. The fourth-order valence-corrected chi connectivity index (χ4v) is 5.13. The number of aryl methyl sites for hydroxylation is 3. The van der Waals surface area contributed by atoms with Crippen LogP contribution in [0.2, 0.25) is 0 Å². The van der Waals surface area contributed by atoms with Crippen LogP contribution in [-0.4, -0.2) is 11.7 Å². The number of fused-ring (bicyclic) bond motifs is 1. The van der Waals surface area contributed by atoms with Crippen LogP contribution in [-0.2, 0) is 5.41 Å². The molecule has 1 aliphatic rings. The number of hydrazone groups is 1. The number of hydrogen-bond donors (Lipinski definition) is 2. The van der Waals surface area contributed by atoms with Gasteiger partial charge >= 0.3 is 6.03 Å². The number of nitrogens with zero attached hydrogens (tertiary/aromatic N) is 1. The number of benzene rings is 2. The van der Waals surface area contributed by atoms with Gasteiger partial charge in [0.2, 0.25) is 0 Å². The fourth-order valence-electron chi connectivity index (χ4n) is 5.13. The lowest BCUT2D eigenvalue weighted by molar-refractivity contribution is 0.214. The summed E-state index contributed by atoms with van der Waals surface area (Å²) in [6.07, 6.45) is 1.88. The Morgan fingerprint density at radius 2 is 1.79 bits per heavy atom. The molecule has 0 aliphatic heterocycles. The fraction of sp³-hybridized carbons (Fsp3) is 0.333. The highest BCUT2D eigenvalue weighted by Crippen LogP contribution is 2.51. The van der Waals surface area contributed by atoms with E-state index in [-0.39, 0.29) is 11.3 Å². The zero-order valence-corrected chi connectivity index (χ0v) is 17.4. The number of urea groups is 1. The molecule has 3 N–H and O–H groups in total. The molecule has 150 valence electrons. The van der Waals surface area contributed by atoms with E-state index in [0.717, 1.165) is 29.5 Å². The monoisotopic (exact) mass is 389 g/mol. The molecule has 2 amide bonds. The predicted octanol–water partition coefficient (Wildman–Crippen LogP) is 5.10. The smallest absolute Gasteiger partial charge is 0.332 e. The minimum Gasteiger partial charge on any atom is -0.455 e. The van der Waals surface area contributed by atoms with Gasteiger partial charge in [-0.1, -0.05) is 42.8 Å². The first-order valence-electron chi connectivity index (χ1n) is 9.97. The van der Waals surface area contributed by atoms with Gasteiger partial charge in [0.15, 0.2) is 5.76 Å². The molecule has 0 saturated heterocycles. The summed E-state index contributed by atoms with van der Waals surface area (Å²) in [5.74, 6) is 0.872. The van der Waals surface area contributed by atoms with Crippen molar-refractivity contribution in [3.63, 3.8) is 0 Å². The highest BCUT2D eigenvalue weighted by molar-refractivity contribution is 6.04. The second-order valence-electron chi connectivity index (χ2n) is 8.56. The quantitative estimate of drug-likeness (QED) is 0.481. The van der Waals surface area contributed by atoms with Crippen molar-refractivity contribution in [3.8, 4) is 0 Å². The Hall–Kier alpha value is -3.08. The summed E-state index contributed by atoms with van der Waals surface area (Å²) in [4.78, 5) is 11.3. The number of rotatable bonds is 4. The Morgan fingerprint density at radius 3 is 2.41 bits per heavy atom. The minimum atomic E-state index is -0.675. The van der Waals surface area contributed by atoms with Crippen LogP contribution < -0.4 is 11.2 Å². The molecule has 1 saturated carbocycles. The third kappa shape index (κ3) is 3.53. The van der Waals surface area contributed by atoms with Crippen molar-refractivity contribution < 1.29 is 9.21 Å². The summed E-state index contributed by atoms with van der Waals surface area (Å²) >= 11 is 0. The van der Waals surface area contributed by atoms with Crippen LogP contribution in [0.4, 0.5) is 4.79 Å². The van der Waals surface area contributed by atoms with E-state index in [1.54, 1.807) is 0 Å². The van der Waals surface area contributed by atoms with E-state index in [1.165, 1.54) is 22.3 Å². The van der Waals surface area contributed by atoms with Crippen molar-refractivity contribution in [2.24, 2.45) is 16.8 Å². The molecule has 0 spiro atoms. The lowest BCUT2D eigenvalue weighted by Gasteiger charge is -2.47. The summed E-state index contributed by atoms with van der Waals surface area (Å²) in [6, 6.07) is 13.7. The molecule has 1 heterocycles. The van der Waals surface area contributed by atoms with E-state index in [1.807, 2.05) is 30.3 Å². The van der Waals surface area contributed by atoms with Crippen molar-refractivity contribution in [3.05, 3.63) is 70.5 Å². The maximum Gasteiger partial charge on any atom is 0.332 e. The van der Waals surface area contributed by atoms with E-state index in [0.29, 0.717) is 5.76 Å². The first-order valence-corrected chi connectivity index (χ1v) is 9.97. The average Bonchev–Trinajstić information content (AvgIpc) is 3.03. The van der Waals surface area contributed by atoms with Crippen LogP contribution in [0.5, 0.6) is 0 Å². The van der Waals surface area contributed by atoms with Crippen LogP contribution >= 0.6 is 0 Å². The number of hydrogen-bond acceptors (Lipinski definition) is 3. The number of nitrogens with one attached hydrogen (secondary N) is 1. The molecule has 0 radical (unpaired) electrons. The lowest BCUT2D eigenvalue weighted by Crippen LogP contribution is -2.44. The van der Waals surface area contributed by atoms with Gasteiger partial charge < -0.3 is 10.2 Å². The molecule has 1 fully saturated rings. The second-order valence-corrected chi connectivity index (χ2v) is 8.56. The molecule has 0 unspecified atom stereocenters. The van der Waals surface area contributed by atoms with Crippen LogP contribution in [0.3, 0.4) is 0 Å². The van der Waals surface area contributed by atoms with Crippen LogP contribution in [0.15, 0.2) is 52.0 Å². The third-order valence-corrected chi connectivity index (χ3v) is 6.03. The van der Waals surface area contributed by atoms with Gasteiger partial charge in [0.1, 0.15) is 11.3 Å². The van der Waals surface area contributed by atoms with Crippen molar-refractivity contribution in [1.29, 1.82) is 0 Å². The number of carbonyl (C=O) groups is 1. The highest BCUT2D eigenvalue weighted by Gasteiger charge is 2.46. The van der Waals surface area contributed by atoms with Gasteiger partial charge in [-0.3, -0.25) is 0 Å². The van der Waals surface area contributed by atoms with Gasteiger partial charge in [0.25, 0.3) is 0 Å². The molecule has 1 aliphatic carbocycles. The van der Waals surface area contributed by atoms with Gasteiger partial charge in [-0.05, 0) is 67.9 Å². The summed E-state index contributed by atoms with van der Waals surface area (Å²) in [5, 5.41) is 5.34. The molecule has 4 rings (SSSR count). The largest absolute Gasteiger partial charge is 0.455 e. The number of primary amides is 1. The third-order valence-electron chi connectivity index (χ3n) is 6.03. The maximum absolute atomic E-state index is 11.3. The Kier molecular flexibility index (Phi) is 4.69. The Bertz CT molecular complexity index is 1060. The van der Waals surface area contributed by atoms with E-state index < -0.39 is 6.03 Å². The predicted molar refractivity (Wildman–Crippen MR) is 116 cm³/mol. The molecule has 0 atom stereocenters. The van der Waals surface area contributed by atoms with Crippen LogP contribution in [0.25, 0.3) is 11.0 Å². The van der Waals surface area contributed by atoms with Gasteiger partial charge in [-0.15, -0.1) is 0 Å². The summed E-state index contributed by atoms with van der Waals surface area (Å²) in [7, 11) is 0. The van der Waals surface area contributed by atoms with E-state index in [9.17, 15) is 4.79 Å². The molecular weight excluding hydrogens is 362 g/mol. The SMILES string of the molecule is Cc1cc(C)c(C2(C)CC(/C(=N/NC(N)=O)c3cc4ccccc4o3)C2)c(C)c1. The number of amides is 2. The normalized spacial score (nSPS) is 21.8. The van der Waals surface area contributed by atoms with Crippen molar-refractivity contribution in [1.82, 2.24) is 5.43 Å². The van der Waals surface area contributed by atoms with E-state index in [2.05, 4.69) is 50.4 Å². The topological polar surface area (TPSA) is 80.6 Å². The second kappa shape index (κ2) is 7.07. The van der Waals surface area contributed by atoms with Gasteiger partial charge in [-0.2, -0.15) is 5.10 Å². The molecule has 5 nitrogen and oxygen atoms in total. The minimum absolute atomic E-state index is 0.0754. The average molecular weight is 389 g/mol. The number of carbonyl (C=O) groups excluding carboxylic acids is 1. The number of furan rings is 1. The Morgan fingerprint density at radius 1 is 1.14 bits per heavy atom. The zero-order valence-electron chi connectivity index (χ0n) is 17.4. The van der Waals surface area contributed by atoms with Crippen LogP contribution in [0, 0.1) is 26.7 Å². The number of nitrogens with two attached hydrogens (primary N) is 1. The van der Waals surface area contributed by atoms with Crippen LogP contribution in [0.1, 0.15) is 47.8 Å². The Labute approximate surface area is 171 Å². The van der Waals surface area contributed by atoms with Gasteiger partial charge in [-0.25, -0.2) is 10.2 Å². The molecular formula is C24H27N3O2. The van der Waals surface area contributed by atoms with E-state index in [4.69, 9.17) is 10.2 Å². The van der Waals surface area contributed by atoms with Gasteiger partial charge in [0, 0.05) is 11.3 Å². The summed E-state index contributed by atoms with van der Waals surface area (Å²) in [6.45, 7) is 8.83. The first-order chi connectivity index (χ1) is 13.8. The zero-order chi connectivity index (χ0) is 20.8. The summed E-state index contributed by atoms with van der Waals surface area (Å²) < 4.78 is 6.03. The highest BCUT2D eigenvalue weighted by atomic mass is 16.3. The number of para-hydroxylation sites is 1. The molecule has 1 aromatic heterocycles. The molecule has 0 bridgehead atoms. The van der Waals surface area contributed by atoms with E-state index >= 15 is 0 Å². The standard InChI is InChI=1S/C24H27N3O2/c1-14-9-15(2)21(16(3)10-14)24(4)12-18(13-24)22(26-27-23(25)28)20-11-17-7-5-6-8-19(17)29-20/h5-11,18H,12-13H2,1-4H3,(H3,25,27,28)/b26-22-. The van der Waals surface area contributed by atoms with Crippen molar-refractivity contribution in [2.75, 3.05) is 0 Å². The Balaban J connectivity index is 1.66. The first kappa shape index (κ1) is 19.2. The molecule has 3 aromatic rings. The summed E-state index contributed by atoms with van der Waals surface area (Å²) in [5.41, 5.74) is 14.7.